The molecular formula is C28H38N2O5S. The van der Waals surface area contributed by atoms with Gasteiger partial charge in [0.1, 0.15) is 6.04 Å². The average Bonchev–Trinajstić information content (AvgIpc) is 3.43. The Morgan fingerprint density at radius 3 is 2.75 bits per heavy atom. The van der Waals surface area contributed by atoms with Crippen molar-refractivity contribution in [1.82, 2.24) is 4.90 Å². The summed E-state index contributed by atoms with van der Waals surface area (Å²) in [6.07, 6.45) is 3.62. The van der Waals surface area contributed by atoms with Gasteiger partial charge in [-0.15, -0.1) is 18.3 Å². The Morgan fingerprint density at radius 2 is 2.08 bits per heavy atom. The van der Waals surface area contributed by atoms with Gasteiger partial charge < -0.3 is 19.6 Å². The highest BCUT2D eigenvalue weighted by atomic mass is 32.2. The number of amides is 2. The summed E-state index contributed by atoms with van der Waals surface area (Å²) in [6.45, 7) is 12.7. The number of aryl methyl sites for hydroxylation is 2. The lowest BCUT2D eigenvalue weighted by Crippen LogP contribution is -2.57. The fourth-order valence-corrected chi connectivity index (χ4v) is 8.94. The molecule has 4 rings (SSSR count). The van der Waals surface area contributed by atoms with Gasteiger partial charge in [0, 0.05) is 30.6 Å². The molecule has 2 bridgehead atoms. The Balaban J connectivity index is 1.81. The van der Waals surface area contributed by atoms with Crippen molar-refractivity contribution in [3.8, 4) is 0 Å². The van der Waals surface area contributed by atoms with Crippen LogP contribution >= 0.6 is 11.8 Å². The molecule has 0 radical (unpaired) electrons. The zero-order valence-electron chi connectivity index (χ0n) is 21.7. The van der Waals surface area contributed by atoms with Gasteiger partial charge in [-0.05, 0) is 63.1 Å². The number of unbranched alkanes of at least 4 members (excludes halogenated alkanes) is 1. The van der Waals surface area contributed by atoms with E-state index in [1.807, 2.05) is 32.0 Å². The number of likely N-dealkylation sites (tertiary alicyclic amines) is 1. The fourth-order valence-electron chi connectivity index (χ4n) is 6.53. The van der Waals surface area contributed by atoms with Gasteiger partial charge in [0.05, 0.1) is 23.2 Å². The van der Waals surface area contributed by atoms with Gasteiger partial charge in [-0.3, -0.25) is 14.4 Å². The summed E-state index contributed by atoms with van der Waals surface area (Å²) >= 11 is 1.66. The summed E-state index contributed by atoms with van der Waals surface area (Å²) in [5.41, 5.74) is 2.83. The molecule has 6 atom stereocenters. The van der Waals surface area contributed by atoms with Crippen LogP contribution in [0.2, 0.25) is 0 Å². The Hall–Kier alpha value is -2.32. The van der Waals surface area contributed by atoms with E-state index in [1.165, 1.54) is 0 Å². The highest BCUT2D eigenvalue weighted by Gasteiger charge is 2.76. The highest BCUT2D eigenvalue weighted by molar-refractivity contribution is 8.02. The standard InChI is InChI=1S/C28H38N2O5S/c1-6-12-29(20-15-17(3)10-11-18(20)4)26(33)24-28-19(5)16-21(36-28)22(27(34)35-7-2)23(28)25(32)30(24)13-8-9-14-31/h6,10-11,15,19,21-24,31H,1,7-9,12-14,16H2,2-5H3/t19?,21-,22+,23-,24?,28?/m0/s1. The first-order chi connectivity index (χ1) is 17.2. The third-order valence-corrected chi connectivity index (χ3v) is 10.2. The van der Waals surface area contributed by atoms with Crippen LogP contribution in [0.25, 0.3) is 0 Å². The lowest BCUT2D eigenvalue weighted by atomic mass is 9.66. The quantitative estimate of drug-likeness (QED) is 0.292. The molecule has 3 aliphatic rings. The first-order valence-corrected chi connectivity index (χ1v) is 13.9. The number of hydrogen-bond donors (Lipinski definition) is 1. The molecule has 3 heterocycles. The van der Waals surface area contributed by atoms with E-state index in [2.05, 4.69) is 13.5 Å². The molecule has 0 aliphatic carbocycles. The second kappa shape index (κ2) is 10.6. The Bertz CT molecular complexity index is 1040. The molecule has 2 amide bonds. The van der Waals surface area contributed by atoms with Crippen molar-refractivity contribution in [3.05, 3.63) is 42.0 Å². The van der Waals surface area contributed by atoms with Crippen LogP contribution in [0.1, 0.15) is 44.2 Å². The Morgan fingerprint density at radius 1 is 1.33 bits per heavy atom. The van der Waals surface area contributed by atoms with Crippen molar-refractivity contribution in [2.75, 3.05) is 31.2 Å². The number of hydrogen-bond acceptors (Lipinski definition) is 6. The van der Waals surface area contributed by atoms with Crippen molar-refractivity contribution < 1.29 is 24.2 Å². The van der Waals surface area contributed by atoms with Crippen molar-refractivity contribution >= 4 is 35.2 Å². The zero-order chi connectivity index (χ0) is 26.2. The van der Waals surface area contributed by atoms with Gasteiger partial charge >= 0.3 is 5.97 Å². The molecule has 3 fully saturated rings. The van der Waals surface area contributed by atoms with Gasteiger partial charge in [0.25, 0.3) is 5.91 Å². The van der Waals surface area contributed by atoms with Gasteiger partial charge in [-0.25, -0.2) is 0 Å². The molecule has 3 saturated heterocycles. The number of nitrogens with zero attached hydrogens (tertiary/aromatic N) is 2. The second-order valence-electron chi connectivity index (χ2n) is 10.3. The summed E-state index contributed by atoms with van der Waals surface area (Å²) in [5, 5.41) is 9.34. The number of esters is 1. The SMILES string of the molecule is C=CCN(C(=O)C1N(CCCCO)C(=O)[C@@H]2[C@H](C(=O)OCC)[C@@H]3CC(C)C12S3)c1cc(C)ccc1C. The van der Waals surface area contributed by atoms with Crippen LogP contribution in [0, 0.1) is 31.6 Å². The summed E-state index contributed by atoms with van der Waals surface area (Å²) in [4.78, 5) is 45.1. The van der Waals surface area contributed by atoms with Gasteiger partial charge in [0.15, 0.2) is 0 Å². The number of anilines is 1. The number of aliphatic hydroxyl groups excluding tert-OH is 1. The average molecular weight is 515 g/mol. The normalized spacial score (nSPS) is 30.4. The number of ether oxygens (including phenoxy) is 1. The minimum atomic E-state index is -0.696. The van der Waals surface area contributed by atoms with Crippen molar-refractivity contribution in [2.45, 2.75) is 63.0 Å². The van der Waals surface area contributed by atoms with Crippen LogP contribution in [-0.2, 0) is 19.1 Å². The Labute approximate surface area is 218 Å². The monoisotopic (exact) mass is 514 g/mol. The third-order valence-electron chi connectivity index (χ3n) is 8.08. The summed E-state index contributed by atoms with van der Waals surface area (Å²) in [5.74, 6) is -1.62. The van der Waals surface area contributed by atoms with Crippen LogP contribution < -0.4 is 4.90 Å². The van der Waals surface area contributed by atoms with Crippen LogP contribution in [0.4, 0.5) is 5.69 Å². The van der Waals surface area contributed by atoms with E-state index in [0.29, 0.717) is 25.9 Å². The maximum absolute atomic E-state index is 14.6. The highest BCUT2D eigenvalue weighted by Crippen LogP contribution is 2.68. The van der Waals surface area contributed by atoms with E-state index in [4.69, 9.17) is 4.74 Å². The second-order valence-corrected chi connectivity index (χ2v) is 11.8. The zero-order valence-corrected chi connectivity index (χ0v) is 22.6. The van der Waals surface area contributed by atoms with Crippen molar-refractivity contribution in [2.24, 2.45) is 17.8 Å². The maximum Gasteiger partial charge on any atom is 0.310 e. The molecule has 1 N–H and O–H groups in total. The molecule has 0 aromatic heterocycles. The van der Waals surface area contributed by atoms with Crippen LogP contribution in [0.15, 0.2) is 30.9 Å². The topological polar surface area (TPSA) is 87.2 Å². The number of rotatable bonds is 10. The number of carbonyl (C=O) groups is 3. The largest absolute Gasteiger partial charge is 0.466 e. The van der Waals surface area contributed by atoms with E-state index in [9.17, 15) is 19.5 Å². The predicted molar refractivity (Wildman–Crippen MR) is 142 cm³/mol. The van der Waals surface area contributed by atoms with E-state index >= 15 is 0 Å². The number of carbonyl (C=O) groups excluding carboxylic acids is 3. The minimum absolute atomic E-state index is 0.0268. The predicted octanol–water partition coefficient (Wildman–Crippen LogP) is 3.50. The number of fused-ring (bicyclic) bond motifs is 1. The third kappa shape index (κ3) is 4.16. The van der Waals surface area contributed by atoms with E-state index in [0.717, 1.165) is 23.2 Å². The molecular weight excluding hydrogens is 476 g/mol. The Kier molecular flexibility index (Phi) is 7.86. The lowest BCUT2D eigenvalue weighted by molar-refractivity contribution is -0.154. The first-order valence-electron chi connectivity index (χ1n) is 13.0. The van der Waals surface area contributed by atoms with Crippen LogP contribution in [0.5, 0.6) is 0 Å². The van der Waals surface area contributed by atoms with Crippen LogP contribution in [0.3, 0.4) is 0 Å². The van der Waals surface area contributed by atoms with Crippen LogP contribution in [-0.4, -0.2) is 70.1 Å². The van der Waals surface area contributed by atoms with E-state index < -0.39 is 22.6 Å². The number of benzene rings is 1. The van der Waals surface area contributed by atoms with Crippen molar-refractivity contribution in [1.29, 1.82) is 0 Å². The molecule has 8 heteroatoms. The van der Waals surface area contributed by atoms with Crippen molar-refractivity contribution in [3.63, 3.8) is 0 Å². The molecule has 1 spiro atoms. The molecule has 1 aromatic carbocycles. The molecule has 1 aromatic rings. The molecule has 7 nitrogen and oxygen atoms in total. The first kappa shape index (κ1) is 26.7. The molecule has 0 saturated carbocycles. The molecule has 3 aliphatic heterocycles. The summed E-state index contributed by atoms with van der Waals surface area (Å²) in [6, 6.07) is 5.33. The molecule has 196 valence electrons. The number of thioether (sulfide) groups is 1. The van der Waals surface area contributed by atoms with Gasteiger partial charge in [0.2, 0.25) is 5.91 Å². The molecule has 36 heavy (non-hydrogen) atoms. The lowest BCUT2D eigenvalue weighted by Gasteiger charge is -2.40. The molecule has 3 unspecified atom stereocenters. The summed E-state index contributed by atoms with van der Waals surface area (Å²) < 4.78 is 4.73. The van der Waals surface area contributed by atoms with E-state index in [-0.39, 0.29) is 42.2 Å². The minimum Gasteiger partial charge on any atom is -0.466 e. The summed E-state index contributed by atoms with van der Waals surface area (Å²) in [7, 11) is 0. The smallest absolute Gasteiger partial charge is 0.310 e. The van der Waals surface area contributed by atoms with Gasteiger partial charge in [-0.1, -0.05) is 25.1 Å². The fraction of sp³-hybridized carbons (Fsp3) is 0.607. The van der Waals surface area contributed by atoms with Gasteiger partial charge in [-0.2, -0.15) is 0 Å². The maximum atomic E-state index is 14.6. The number of aliphatic hydroxyl groups is 1. The van der Waals surface area contributed by atoms with E-state index in [1.54, 1.807) is 34.6 Å².